The number of alkyl halides is 3. The normalized spacial score (nSPS) is 19.5. The lowest BCUT2D eigenvalue weighted by Crippen LogP contribution is -2.28. The minimum atomic E-state index is -4.57. The number of nitrogens with zero attached hydrogens (tertiary/aromatic N) is 1. The van der Waals surface area contributed by atoms with E-state index in [0.29, 0.717) is 25.3 Å². The fraction of sp³-hybridized carbons (Fsp3) is 0.562. The molecule has 2 rings (SSSR count). The number of hydrogen-bond acceptors (Lipinski definition) is 4. The van der Waals surface area contributed by atoms with Crippen molar-refractivity contribution in [1.29, 1.82) is 0 Å². The number of benzene rings is 1. The number of carbonyl (C=O) groups excluding carboxylic acids is 1. The molecule has 5 nitrogen and oxygen atoms in total. The Balaban J connectivity index is 1.86. The van der Waals surface area contributed by atoms with Gasteiger partial charge in [0.25, 0.3) is 0 Å². The highest BCUT2D eigenvalue weighted by atomic mass is 19.4. The second-order valence-corrected chi connectivity index (χ2v) is 5.69. The van der Waals surface area contributed by atoms with Crippen LogP contribution < -0.4 is 4.90 Å². The Hall–Kier alpha value is -1.80. The van der Waals surface area contributed by atoms with E-state index < -0.39 is 18.4 Å². The number of ether oxygens (including phenoxy) is 2. The first-order valence-electron chi connectivity index (χ1n) is 7.62. The summed E-state index contributed by atoms with van der Waals surface area (Å²) in [5.41, 5.74) is 1.51. The molecule has 24 heavy (non-hydrogen) atoms. The highest BCUT2D eigenvalue weighted by Crippen LogP contribution is 2.25. The van der Waals surface area contributed by atoms with Crippen molar-refractivity contribution >= 4 is 11.8 Å². The van der Waals surface area contributed by atoms with Crippen molar-refractivity contribution in [3.63, 3.8) is 0 Å². The van der Waals surface area contributed by atoms with Gasteiger partial charge in [0, 0.05) is 12.8 Å². The number of aryl methyl sites for hydroxylation is 1. The van der Waals surface area contributed by atoms with Crippen molar-refractivity contribution in [3.05, 3.63) is 29.8 Å². The van der Waals surface area contributed by atoms with Crippen LogP contribution >= 0.6 is 0 Å². The Morgan fingerprint density at radius 2 is 2.04 bits per heavy atom. The molecule has 0 bridgehead atoms. The summed E-state index contributed by atoms with van der Waals surface area (Å²) in [5.74, 6) is 0. The third kappa shape index (κ3) is 4.85. The lowest BCUT2D eigenvalue weighted by atomic mass is 10.1. The average molecular weight is 347 g/mol. The number of amides is 1. The van der Waals surface area contributed by atoms with E-state index in [-0.39, 0.29) is 18.9 Å². The zero-order valence-electron chi connectivity index (χ0n) is 13.3. The molecule has 1 amide bonds. The van der Waals surface area contributed by atoms with Gasteiger partial charge in [0.05, 0.1) is 13.2 Å². The Morgan fingerprint density at radius 1 is 1.38 bits per heavy atom. The highest BCUT2D eigenvalue weighted by molar-refractivity contribution is 5.89. The molecule has 1 N–H and O–H groups in total. The first-order chi connectivity index (χ1) is 11.3. The van der Waals surface area contributed by atoms with Crippen molar-refractivity contribution < 1.29 is 32.5 Å². The van der Waals surface area contributed by atoms with E-state index in [0.717, 1.165) is 5.56 Å². The van der Waals surface area contributed by atoms with Gasteiger partial charge in [-0.15, -0.1) is 0 Å². The third-order valence-corrected chi connectivity index (χ3v) is 3.80. The van der Waals surface area contributed by atoms with Gasteiger partial charge in [0.1, 0.15) is 12.2 Å². The summed E-state index contributed by atoms with van der Waals surface area (Å²) in [4.78, 5) is 13.3. The van der Waals surface area contributed by atoms with Crippen LogP contribution in [0.15, 0.2) is 24.3 Å². The van der Waals surface area contributed by atoms with E-state index in [1.54, 1.807) is 24.3 Å². The summed E-state index contributed by atoms with van der Waals surface area (Å²) in [6, 6.07) is 6.97. The number of cyclic esters (lactones) is 1. The molecular formula is C16H20F3NO4. The Kier molecular flexibility index (Phi) is 6.06. The summed E-state index contributed by atoms with van der Waals surface area (Å²) in [6.45, 7) is 0.714. The van der Waals surface area contributed by atoms with Crippen molar-refractivity contribution in [2.24, 2.45) is 0 Å². The molecule has 1 heterocycles. The molecule has 134 valence electrons. The molecule has 1 saturated heterocycles. The highest BCUT2D eigenvalue weighted by Gasteiger charge is 2.37. The number of carbonyl (C=O) groups is 1. The van der Waals surface area contributed by atoms with Gasteiger partial charge < -0.3 is 14.6 Å². The Labute approximate surface area is 138 Å². The summed E-state index contributed by atoms with van der Waals surface area (Å²) in [5, 5.41) is 8.96. The maximum absolute atomic E-state index is 12.2. The Morgan fingerprint density at radius 3 is 2.62 bits per heavy atom. The van der Waals surface area contributed by atoms with Crippen LogP contribution in [0, 0.1) is 0 Å². The van der Waals surface area contributed by atoms with Gasteiger partial charge in [-0.1, -0.05) is 12.1 Å². The Bertz CT molecular complexity index is 547. The number of methoxy groups -OCH3 is 1. The minimum absolute atomic E-state index is 0.224. The van der Waals surface area contributed by atoms with Gasteiger partial charge in [-0.05, 0) is 37.0 Å². The smallest absolute Gasteiger partial charge is 0.414 e. The van der Waals surface area contributed by atoms with Crippen LogP contribution in [0.5, 0.6) is 0 Å². The maximum atomic E-state index is 12.2. The molecule has 1 aliphatic heterocycles. The molecule has 1 aliphatic rings. The van der Waals surface area contributed by atoms with Crippen LogP contribution in [0.25, 0.3) is 0 Å². The molecule has 1 unspecified atom stereocenters. The summed E-state index contributed by atoms with van der Waals surface area (Å²) < 4.78 is 46.8. The fourth-order valence-corrected chi connectivity index (χ4v) is 2.51. The summed E-state index contributed by atoms with van der Waals surface area (Å²) in [7, 11) is 1.53. The number of hydrogen-bond donors (Lipinski definition) is 1. The topological polar surface area (TPSA) is 59.0 Å². The molecule has 8 heteroatoms. The van der Waals surface area contributed by atoms with Crippen LogP contribution in [0.3, 0.4) is 0 Å². The van der Waals surface area contributed by atoms with E-state index in [1.807, 2.05) is 0 Å². The van der Waals surface area contributed by atoms with Crippen LogP contribution in [-0.2, 0) is 15.9 Å². The van der Waals surface area contributed by atoms with Gasteiger partial charge in [0.2, 0.25) is 0 Å². The maximum Gasteiger partial charge on any atom is 0.414 e. The van der Waals surface area contributed by atoms with Gasteiger partial charge >= 0.3 is 12.3 Å². The standard InChI is InChI=1S/C16H20F3NO4/c1-23-10-13-9-20(15(22)24-13)12-7-5-11(6-8-12)3-2-4-14(21)16(17,18)19/h5-8,13-14,21H,2-4,9-10H2,1H3/t13-,14?/m1/s1. The quantitative estimate of drug-likeness (QED) is 0.824. The van der Waals surface area contributed by atoms with Gasteiger partial charge in [-0.25, -0.2) is 4.79 Å². The SMILES string of the molecule is COC[C@H]1CN(c2ccc(CCCC(O)C(F)(F)F)cc2)C(=O)O1. The molecular weight excluding hydrogens is 327 g/mol. The number of aliphatic hydroxyl groups is 1. The molecule has 1 aromatic rings. The lowest BCUT2D eigenvalue weighted by Gasteiger charge is -2.15. The van der Waals surface area contributed by atoms with Gasteiger partial charge in [-0.2, -0.15) is 13.2 Å². The van der Waals surface area contributed by atoms with Crippen molar-refractivity contribution in [1.82, 2.24) is 0 Å². The first kappa shape index (κ1) is 18.5. The van der Waals surface area contributed by atoms with Crippen LogP contribution in [0.1, 0.15) is 18.4 Å². The van der Waals surface area contributed by atoms with E-state index >= 15 is 0 Å². The number of rotatable bonds is 7. The van der Waals surface area contributed by atoms with Crippen molar-refractivity contribution in [2.75, 3.05) is 25.2 Å². The molecule has 0 aliphatic carbocycles. The molecule has 1 aromatic carbocycles. The van der Waals surface area contributed by atoms with Crippen molar-refractivity contribution in [2.45, 2.75) is 37.6 Å². The van der Waals surface area contributed by atoms with E-state index in [9.17, 15) is 18.0 Å². The van der Waals surface area contributed by atoms with Crippen LogP contribution in [-0.4, -0.2) is 49.8 Å². The lowest BCUT2D eigenvalue weighted by molar-refractivity contribution is -0.205. The monoisotopic (exact) mass is 347 g/mol. The van der Waals surface area contributed by atoms with E-state index in [4.69, 9.17) is 14.6 Å². The van der Waals surface area contributed by atoms with Gasteiger partial charge in [0.15, 0.2) is 0 Å². The predicted molar refractivity (Wildman–Crippen MR) is 80.9 cm³/mol. The second-order valence-electron chi connectivity index (χ2n) is 5.69. The van der Waals surface area contributed by atoms with Crippen LogP contribution in [0.4, 0.5) is 23.7 Å². The molecule has 0 spiro atoms. The fourth-order valence-electron chi connectivity index (χ4n) is 2.51. The van der Waals surface area contributed by atoms with E-state index in [1.165, 1.54) is 12.0 Å². The molecule has 2 atom stereocenters. The average Bonchev–Trinajstić information content (AvgIpc) is 2.88. The summed E-state index contributed by atoms with van der Waals surface area (Å²) in [6.07, 6.45) is -7.30. The zero-order chi connectivity index (χ0) is 17.7. The predicted octanol–water partition coefficient (Wildman–Crippen LogP) is 2.90. The first-order valence-corrected chi connectivity index (χ1v) is 7.62. The molecule has 0 aromatic heterocycles. The third-order valence-electron chi connectivity index (χ3n) is 3.80. The number of anilines is 1. The molecule has 0 saturated carbocycles. The largest absolute Gasteiger partial charge is 0.441 e. The minimum Gasteiger partial charge on any atom is -0.441 e. The summed E-state index contributed by atoms with van der Waals surface area (Å²) >= 11 is 0. The zero-order valence-corrected chi connectivity index (χ0v) is 13.3. The van der Waals surface area contributed by atoms with Crippen molar-refractivity contribution in [3.8, 4) is 0 Å². The number of aliphatic hydroxyl groups excluding tert-OH is 1. The van der Waals surface area contributed by atoms with E-state index in [2.05, 4.69) is 0 Å². The number of halogens is 3. The molecule has 1 fully saturated rings. The second kappa shape index (κ2) is 7.85. The molecule has 0 radical (unpaired) electrons. The van der Waals surface area contributed by atoms with Crippen LogP contribution in [0.2, 0.25) is 0 Å². The van der Waals surface area contributed by atoms with Gasteiger partial charge in [-0.3, -0.25) is 4.90 Å².